The highest BCUT2D eigenvalue weighted by Gasteiger charge is 2.21. The molecule has 0 spiro atoms. The fraction of sp³-hybridized carbons (Fsp3) is 0.0476. The van der Waals surface area contributed by atoms with Gasteiger partial charge in [-0.2, -0.15) is 13.5 Å². The number of nitrogens with one attached hydrogen (secondary N) is 1. The topological polar surface area (TPSA) is 95.8 Å². The Labute approximate surface area is 183 Å². The first-order chi connectivity index (χ1) is 14.3. The summed E-state index contributed by atoms with van der Waals surface area (Å²) >= 11 is 12.5. The zero-order chi connectivity index (χ0) is 21.7. The van der Waals surface area contributed by atoms with Crippen molar-refractivity contribution in [1.29, 1.82) is 0 Å². The zero-order valence-corrected chi connectivity index (χ0v) is 17.7. The molecule has 3 rings (SSSR count). The van der Waals surface area contributed by atoms with Crippen LogP contribution in [0.5, 0.6) is 0 Å². The van der Waals surface area contributed by atoms with Gasteiger partial charge in [0.05, 0.1) is 22.7 Å². The van der Waals surface area contributed by atoms with Gasteiger partial charge in [0, 0.05) is 11.1 Å². The number of amides is 1. The average molecular weight is 463 g/mol. The van der Waals surface area contributed by atoms with E-state index < -0.39 is 15.0 Å². The minimum atomic E-state index is -4.53. The van der Waals surface area contributed by atoms with Crippen molar-refractivity contribution in [2.45, 2.75) is 11.3 Å². The van der Waals surface area contributed by atoms with Crippen LogP contribution in [-0.4, -0.2) is 25.1 Å². The number of halogens is 2. The van der Waals surface area contributed by atoms with Crippen molar-refractivity contribution in [3.63, 3.8) is 0 Å². The summed E-state index contributed by atoms with van der Waals surface area (Å²) in [6, 6.07) is 18.5. The molecule has 0 fully saturated rings. The highest BCUT2D eigenvalue weighted by molar-refractivity contribution is 7.86. The summed E-state index contributed by atoms with van der Waals surface area (Å²) in [7, 11) is -4.53. The van der Waals surface area contributed by atoms with Gasteiger partial charge in [0.1, 0.15) is 4.90 Å². The molecule has 0 saturated carbocycles. The van der Waals surface area contributed by atoms with Crippen LogP contribution in [0.1, 0.15) is 11.1 Å². The normalized spacial score (nSPS) is 11.6. The summed E-state index contributed by atoms with van der Waals surface area (Å²) in [6.07, 6.45) is 1.58. The lowest BCUT2D eigenvalue weighted by atomic mass is 10.00. The van der Waals surface area contributed by atoms with Crippen LogP contribution in [0.25, 0.3) is 11.1 Å². The second-order valence-electron chi connectivity index (χ2n) is 6.25. The average Bonchev–Trinajstić information content (AvgIpc) is 2.69. The van der Waals surface area contributed by atoms with Gasteiger partial charge in [-0.25, -0.2) is 5.43 Å². The molecule has 0 heterocycles. The molecule has 3 aromatic rings. The van der Waals surface area contributed by atoms with Gasteiger partial charge in [0.2, 0.25) is 5.91 Å². The molecule has 0 radical (unpaired) electrons. The number of carbonyl (C=O) groups is 1. The lowest BCUT2D eigenvalue weighted by molar-refractivity contribution is -0.120. The molecule has 0 atom stereocenters. The van der Waals surface area contributed by atoms with E-state index in [0.29, 0.717) is 11.1 Å². The summed E-state index contributed by atoms with van der Waals surface area (Å²) in [6.45, 7) is 0. The van der Waals surface area contributed by atoms with Crippen LogP contribution in [0, 0.1) is 0 Å². The van der Waals surface area contributed by atoms with E-state index in [1.165, 1.54) is 12.3 Å². The Morgan fingerprint density at radius 2 is 1.67 bits per heavy atom. The molecule has 0 aliphatic carbocycles. The van der Waals surface area contributed by atoms with Gasteiger partial charge in [-0.1, -0.05) is 77.8 Å². The standard InChI is InChI=1S/C21H16Cl2N2O4S/c22-17-10-11-18(30(27,28)29)21(23)20(17)16-9-5-4-8-15(16)13-24-25-19(26)12-14-6-2-1-3-7-14/h1-11,13H,12H2,(H,25,26)(H,27,28,29). The molecule has 154 valence electrons. The molecule has 0 aromatic heterocycles. The van der Waals surface area contributed by atoms with Crippen LogP contribution in [0.3, 0.4) is 0 Å². The highest BCUT2D eigenvalue weighted by Crippen LogP contribution is 2.39. The Morgan fingerprint density at radius 3 is 2.37 bits per heavy atom. The first-order valence-corrected chi connectivity index (χ1v) is 10.9. The van der Waals surface area contributed by atoms with E-state index in [1.807, 2.05) is 30.3 Å². The van der Waals surface area contributed by atoms with E-state index in [4.69, 9.17) is 23.2 Å². The molecule has 9 heteroatoms. The molecule has 3 aromatic carbocycles. The number of hydrogen-bond donors (Lipinski definition) is 2. The fourth-order valence-corrected chi connectivity index (χ4v) is 4.25. The van der Waals surface area contributed by atoms with E-state index >= 15 is 0 Å². The number of benzene rings is 3. The summed E-state index contributed by atoms with van der Waals surface area (Å²) in [4.78, 5) is 11.6. The van der Waals surface area contributed by atoms with Crippen LogP contribution in [-0.2, 0) is 21.3 Å². The number of rotatable bonds is 6. The van der Waals surface area contributed by atoms with Gasteiger partial charge in [-0.15, -0.1) is 0 Å². The number of carbonyl (C=O) groups excluding carboxylic acids is 1. The van der Waals surface area contributed by atoms with Crippen LogP contribution in [0.4, 0.5) is 0 Å². The molecule has 0 saturated heterocycles. The predicted octanol–water partition coefficient (Wildman–Crippen LogP) is 4.60. The van der Waals surface area contributed by atoms with Crippen molar-refractivity contribution in [1.82, 2.24) is 5.43 Å². The molecular weight excluding hydrogens is 447 g/mol. The third-order valence-electron chi connectivity index (χ3n) is 4.16. The van der Waals surface area contributed by atoms with Gasteiger partial charge in [-0.3, -0.25) is 9.35 Å². The van der Waals surface area contributed by atoms with Crippen LogP contribution in [0.15, 0.2) is 76.7 Å². The van der Waals surface area contributed by atoms with Gasteiger partial charge in [0.15, 0.2) is 0 Å². The molecule has 0 bridgehead atoms. The Bertz CT molecular complexity index is 1210. The maximum atomic E-state index is 12.1. The quantitative estimate of drug-likeness (QED) is 0.317. The maximum Gasteiger partial charge on any atom is 0.296 e. The number of hydrogen-bond acceptors (Lipinski definition) is 4. The SMILES string of the molecule is O=C(Cc1ccccc1)NN=Cc1ccccc1-c1c(Cl)ccc(S(=O)(=O)O)c1Cl. The summed E-state index contributed by atoms with van der Waals surface area (Å²) in [5, 5.41) is 3.96. The lowest BCUT2D eigenvalue weighted by Crippen LogP contribution is -2.19. The first-order valence-electron chi connectivity index (χ1n) is 8.68. The Kier molecular flexibility index (Phi) is 6.89. The highest BCUT2D eigenvalue weighted by atomic mass is 35.5. The maximum absolute atomic E-state index is 12.1. The van der Waals surface area contributed by atoms with Gasteiger partial charge in [0.25, 0.3) is 10.1 Å². The third kappa shape index (κ3) is 5.25. The molecule has 2 N–H and O–H groups in total. The Balaban J connectivity index is 1.89. The van der Waals surface area contributed by atoms with Gasteiger partial charge in [-0.05, 0) is 23.3 Å². The molecule has 6 nitrogen and oxygen atoms in total. The van der Waals surface area contributed by atoms with E-state index in [9.17, 15) is 17.8 Å². The molecule has 0 aliphatic heterocycles. The van der Waals surface area contributed by atoms with E-state index in [-0.39, 0.29) is 27.9 Å². The Morgan fingerprint density at radius 1 is 1.00 bits per heavy atom. The molecule has 0 aliphatic rings. The predicted molar refractivity (Wildman–Crippen MR) is 118 cm³/mol. The summed E-state index contributed by atoms with van der Waals surface area (Å²) in [5.74, 6) is -0.292. The minimum absolute atomic E-state index is 0.174. The molecule has 0 unspecified atom stereocenters. The summed E-state index contributed by atoms with van der Waals surface area (Å²) < 4.78 is 32.6. The van der Waals surface area contributed by atoms with Crippen molar-refractivity contribution in [3.8, 4) is 11.1 Å². The van der Waals surface area contributed by atoms with Crippen LogP contribution in [0.2, 0.25) is 10.0 Å². The van der Waals surface area contributed by atoms with Crippen LogP contribution >= 0.6 is 23.2 Å². The molecule has 1 amide bonds. The molecular formula is C21H16Cl2N2O4S. The van der Waals surface area contributed by atoms with Gasteiger partial charge < -0.3 is 0 Å². The second-order valence-corrected chi connectivity index (χ2v) is 8.43. The van der Waals surface area contributed by atoms with E-state index in [2.05, 4.69) is 10.5 Å². The lowest BCUT2D eigenvalue weighted by Gasteiger charge is -2.12. The minimum Gasteiger partial charge on any atom is -0.282 e. The first kappa shape index (κ1) is 22.0. The van der Waals surface area contributed by atoms with Crippen molar-refractivity contribution in [2.24, 2.45) is 5.10 Å². The number of nitrogens with zero attached hydrogens (tertiary/aromatic N) is 1. The van der Waals surface area contributed by atoms with E-state index in [0.717, 1.165) is 11.6 Å². The smallest absolute Gasteiger partial charge is 0.282 e. The van der Waals surface area contributed by atoms with Crippen LogP contribution < -0.4 is 5.43 Å². The van der Waals surface area contributed by atoms with Crippen molar-refractivity contribution in [2.75, 3.05) is 0 Å². The summed E-state index contributed by atoms with van der Waals surface area (Å²) in [5.41, 5.74) is 4.55. The number of hydrazone groups is 1. The van der Waals surface area contributed by atoms with Gasteiger partial charge >= 0.3 is 0 Å². The zero-order valence-electron chi connectivity index (χ0n) is 15.4. The van der Waals surface area contributed by atoms with Crippen molar-refractivity contribution in [3.05, 3.63) is 87.9 Å². The Hall–Kier alpha value is -2.71. The van der Waals surface area contributed by atoms with Crippen molar-refractivity contribution >= 4 is 45.4 Å². The van der Waals surface area contributed by atoms with E-state index in [1.54, 1.807) is 24.3 Å². The van der Waals surface area contributed by atoms with Crippen molar-refractivity contribution < 1.29 is 17.8 Å². The monoisotopic (exact) mass is 462 g/mol. The third-order valence-corrected chi connectivity index (χ3v) is 5.88. The largest absolute Gasteiger partial charge is 0.296 e. The second kappa shape index (κ2) is 9.40. The fourth-order valence-electron chi connectivity index (χ4n) is 2.81. The molecule has 30 heavy (non-hydrogen) atoms.